The van der Waals surface area contributed by atoms with E-state index in [-0.39, 0.29) is 23.6 Å². The second-order valence-electron chi connectivity index (χ2n) is 9.14. The summed E-state index contributed by atoms with van der Waals surface area (Å²) < 4.78 is 12.7. The lowest BCUT2D eigenvalue weighted by Gasteiger charge is -2.43. The fraction of sp³-hybridized carbons (Fsp3) is 0.286. The fourth-order valence-electron chi connectivity index (χ4n) is 5.00. The third kappa shape index (κ3) is 4.41. The minimum atomic E-state index is -0.972. The molecule has 2 atom stereocenters. The van der Waals surface area contributed by atoms with Gasteiger partial charge in [-0.3, -0.25) is 4.79 Å². The summed E-state index contributed by atoms with van der Waals surface area (Å²) in [5.74, 6) is 0.375. The summed E-state index contributed by atoms with van der Waals surface area (Å²) in [5.41, 5.74) is 2.49. The maximum Gasteiger partial charge on any atom is 0.335 e. The van der Waals surface area contributed by atoms with E-state index in [0.717, 1.165) is 40.4 Å². The standard InChI is InChI=1S/C28H26BrNO5/c1-34-21-11-12-22-23(30-27(33)28(13-2-14-28)19-7-9-20(29)10-8-19)16-24(35-25(22)15-21)17-3-5-18(6-4-17)26(31)32/h3-12,15,23-24H,2,13-14,16H2,1H3,(H,30,33)(H,31,32)/t23-,24-/m1/s1. The monoisotopic (exact) mass is 535 g/mol. The van der Waals surface area contributed by atoms with Gasteiger partial charge >= 0.3 is 5.97 Å². The maximum absolute atomic E-state index is 13.7. The van der Waals surface area contributed by atoms with Gasteiger partial charge in [0.2, 0.25) is 5.91 Å². The molecular formula is C28H26BrNO5. The van der Waals surface area contributed by atoms with Crippen LogP contribution in [0.2, 0.25) is 0 Å². The zero-order valence-electron chi connectivity index (χ0n) is 19.3. The summed E-state index contributed by atoms with van der Waals surface area (Å²) in [5, 5.41) is 12.6. The molecule has 2 N–H and O–H groups in total. The third-order valence-corrected chi connectivity index (χ3v) is 7.72. The van der Waals surface area contributed by atoms with E-state index < -0.39 is 11.4 Å². The summed E-state index contributed by atoms with van der Waals surface area (Å²) in [4.78, 5) is 25.0. The average Bonchev–Trinajstić information content (AvgIpc) is 2.84. The summed E-state index contributed by atoms with van der Waals surface area (Å²) in [6.45, 7) is 0. The molecule has 1 fully saturated rings. The summed E-state index contributed by atoms with van der Waals surface area (Å²) in [7, 11) is 1.60. The molecular weight excluding hydrogens is 510 g/mol. The van der Waals surface area contributed by atoms with Gasteiger partial charge in [-0.15, -0.1) is 0 Å². The molecule has 0 unspecified atom stereocenters. The number of carboxylic acids is 1. The van der Waals surface area contributed by atoms with E-state index in [1.165, 1.54) is 0 Å². The van der Waals surface area contributed by atoms with Gasteiger partial charge in [-0.05, 0) is 60.4 Å². The second kappa shape index (κ2) is 9.38. The van der Waals surface area contributed by atoms with Crippen molar-refractivity contribution in [3.05, 3.63) is 93.5 Å². The van der Waals surface area contributed by atoms with E-state index in [2.05, 4.69) is 21.2 Å². The molecule has 1 saturated carbocycles. The Hall–Kier alpha value is -3.32. The number of fused-ring (bicyclic) bond motifs is 1. The number of hydrogen-bond acceptors (Lipinski definition) is 4. The van der Waals surface area contributed by atoms with E-state index in [1.54, 1.807) is 31.4 Å². The summed E-state index contributed by atoms with van der Waals surface area (Å²) in [6.07, 6.45) is 2.85. The molecule has 0 bridgehead atoms. The predicted molar refractivity (Wildman–Crippen MR) is 135 cm³/mol. The zero-order valence-corrected chi connectivity index (χ0v) is 20.9. The van der Waals surface area contributed by atoms with Crippen LogP contribution in [0.1, 0.15) is 64.9 Å². The van der Waals surface area contributed by atoms with Gasteiger partial charge in [0.1, 0.15) is 17.6 Å². The van der Waals surface area contributed by atoms with Crippen molar-refractivity contribution in [2.75, 3.05) is 7.11 Å². The number of benzene rings is 3. The second-order valence-corrected chi connectivity index (χ2v) is 10.1. The number of methoxy groups -OCH3 is 1. The SMILES string of the molecule is COc1ccc2c(c1)O[C@@H](c1ccc(C(=O)O)cc1)C[C@H]2NC(=O)C1(c2ccc(Br)cc2)CCC1. The van der Waals surface area contributed by atoms with Gasteiger partial charge in [0.15, 0.2) is 0 Å². The zero-order chi connectivity index (χ0) is 24.6. The van der Waals surface area contributed by atoms with Crippen molar-refractivity contribution >= 4 is 27.8 Å². The van der Waals surface area contributed by atoms with Crippen molar-refractivity contribution in [3.63, 3.8) is 0 Å². The number of halogens is 1. The van der Waals surface area contributed by atoms with Crippen LogP contribution >= 0.6 is 15.9 Å². The first-order chi connectivity index (χ1) is 16.9. The predicted octanol–water partition coefficient (Wildman–Crippen LogP) is 5.96. The maximum atomic E-state index is 13.7. The number of ether oxygens (including phenoxy) is 2. The number of aromatic carboxylic acids is 1. The van der Waals surface area contributed by atoms with Crippen molar-refractivity contribution in [1.29, 1.82) is 0 Å². The lowest BCUT2D eigenvalue weighted by Crippen LogP contribution is -2.50. The molecule has 7 heteroatoms. The molecule has 0 radical (unpaired) electrons. The Labute approximate surface area is 212 Å². The van der Waals surface area contributed by atoms with Gasteiger partial charge in [-0.2, -0.15) is 0 Å². The quantitative estimate of drug-likeness (QED) is 0.406. The first-order valence-corrected chi connectivity index (χ1v) is 12.4. The number of rotatable bonds is 6. The van der Waals surface area contributed by atoms with Crippen molar-refractivity contribution in [2.45, 2.75) is 43.2 Å². The number of carbonyl (C=O) groups is 2. The van der Waals surface area contributed by atoms with Crippen LogP contribution < -0.4 is 14.8 Å². The van der Waals surface area contributed by atoms with Crippen LogP contribution in [0.15, 0.2) is 71.2 Å². The molecule has 0 aromatic heterocycles. The molecule has 1 heterocycles. The fourth-order valence-corrected chi connectivity index (χ4v) is 5.26. The van der Waals surface area contributed by atoms with Gasteiger partial charge in [0.25, 0.3) is 0 Å². The van der Waals surface area contributed by atoms with Crippen molar-refractivity contribution in [3.8, 4) is 11.5 Å². The largest absolute Gasteiger partial charge is 0.497 e. The minimum absolute atomic E-state index is 0.0275. The van der Waals surface area contributed by atoms with Crippen LogP contribution in [0.3, 0.4) is 0 Å². The normalized spacial score (nSPS) is 20.1. The first kappa shape index (κ1) is 23.4. The lowest BCUT2D eigenvalue weighted by molar-refractivity contribution is -0.131. The Bertz CT molecular complexity index is 1250. The van der Waals surface area contributed by atoms with Crippen molar-refractivity contribution < 1.29 is 24.2 Å². The molecule has 6 nitrogen and oxygen atoms in total. The Balaban J connectivity index is 1.45. The third-order valence-electron chi connectivity index (χ3n) is 7.19. The molecule has 1 aliphatic carbocycles. The molecule has 1 amide bonds. The smallest absolute Gasteiger partial charge is 0.335 e. The van der Waals surface area contributed by atoms with Crippen LogP contribution in [0.5, 0.6) is 11.5 Å². The summed E-state index contributed by atoms with van der Waals surface area (Å²) >= 11 is 3.48. The highest BCUT2D eigenvalue weighted by Crippen LogP contribution is 2.47. The molecule has 5 rings (SSSR count). The first-order valence-electron chi connectivity index (χ1n) is 11.6. The number of amides is 1. The van der Waals surface area contributed by atoms with Crippen LogP contribution in [0.25, 0.3) is 0 Å². The van der Waals surface area contributed by atoms with Gasteiger partial charge in [-0.25, -0.2) is 4.79 Å². The average molecular weight is 536 g/mol. The molecule has 35 heavy (non-hydrogen) atoms. The van der Waals surface area contributed by atoms with Crippen LogP contribution in [-0.4, -0.2) is 24.1 Å². The molecule has 1 aliphatic heterocycles. The summed E-state index contributed by atoms with van der Waals surface area (Å²) in [6, 6.07) is 20.1. The van der Waals surface area contributed by atoms with E-state index >= 15 is 0 Å². The highest BCUT2D eigenvalue weighted by atomic mass is 79.9. The van der Waals surface area contributed by atoms with Crippen LogP contribution in [0.4, 0.5) is 0 Å². The van der Waals surface area contributed by atoms with Crippen molar-refractivity contribution in [1.82, 2.24) is 5.32 Å². The highest BCUT2D eigenvalue weighted by molar-refractivity contribution is 9.10. The Morgan fingerprint density at radius 2 is 1.77 bits per heavy atom. The lowest BCUT2D eigenvalue weighted by atomic mass is 9.63. The minimum Gasteiger partial charge on any atom is -0.497 e. The van der Waals surface area contributed by atoms with Crippen molar-refractivity contribution in [2.24, 2.45) is 0 Å². The van der Waals surface area contributed by atoms with Gasteiger partial charge < -0.3 is 19.9 Å². The molecule has 3 aromatic rings. The molecule has 0 spiro atoms. The molecule has 3 aromatic carbocycles. The van der Waals surface area contributed by atoms with Gasteiger partial charge in [-0.1, -0.05) is 46.6 Å². The number of hydrogen-bond donors (Lipinski definition) is 2. The van der Waals surface area contributed by atoms with Gasteiger partial charge in [0.05, 0.1) is 24.1 Å². The topological polar surface area (TPSA) is 84.9 Å². The molecule has 2 aliphatic rings. The van der Waals surface area contributed by atoms with E-state index in [0.29, 0.717) is 17.9 Å². The number of carboxylic acid groups (broad SMARTS) is 1. The van der Waals surface area contributed by atoms with E-state index in [1.807, 2.05) is 42.5 Å². The molecule has 0 saturated heterocycles. The van der Waals surface area contributed by atoms with Gasteiger partial charge in [0, 0.05) is 22.5 Å². The van der Waals surface area contributed by atoms with Crippen LogP contribution in [-0.2, 0) is 10.2 Å². The Morgan fingerprint density at radius 1 is 1.06 bits per heavy atom. The van der Waals surface area contributed by atoms with E-state index in [4.69, 9.17) is 9.47 Å². The Morgan fingerprint density at radius 3 is 2.37 bits per heavy atom. The molecule has 180 valence electrons. The van der Waals surface area contributed by atoms with E-state index in [9.17, 15) is 14.7 Å². The Kier molecular flexibility index (Phi) is 6.28. The number of nitrogens with one attached hydrogen (secondary N) is 1. The highest BCUT2D eigenvalue weighted by Gasteiger charge is 2.46. The number of carbonyl (C=O) groups excluding carboxylic acids is 1. The van der Waals surface area contributed by atoms with Crippen LogP contribution in [0, 0.1) is 0 Å².